The fourth-order valence-corrected chi connectivity index (χ4v) is 3.91. The summed E-state index contributed by atoms with van der Waals surface area (Å²) in [6.07, 6.45) is 1.47. The predicted molar refractivity (Wildman–Crippen MR) is 87.5 cm³/mol. The Kier molecular flexibility index (Phi) is 5.27. The van der Waals surface area contributed by atoms with E-state index in [0.29, 0.717) is 6.10 Å². The van der Waals surface area contributed by atoms with Crippen LogP contribution in [0.3, 0.4) is 0 Å². The van der Waals surface area contributed by atoms with Gasteiger partial charge in [0, 0.05) is 38.5 Å². The molecule has 1 N–H and O–H groups in total. The number of benzene rings is 1. The second kappa shape index (κ2) is 7.38. The van der Waals surface area contributed by atoms with Crippen LogP contribution in [0.5, 0.6) is 11.5 Å². The van der Waals surface area contributed by atoms with E-state index in [1.165, 1.54) is 11.3 Å². The number of hydrogen-bond acceptors (Lipinski definition) is 5. The first kappa shape index (κ1) is 15.0. The minimum Gasteiger partial charge on any atom is -0.493 e. The normalized spacial score (nSPS) is 23.2. The molecule has 0 amide bonds. The SMILES string of the molecule is COc1cc(CN2CCNCC2)ccc1OC1CCSC1. The van der Waals surface area contributed by atoms with E-state index in [2.05, 4.69) is 28.4 Å². The monoisotopic (exact) mass is 308 g/mol. The van der Waals surface area contributed by atoms with Crippen LogP contribution in [-0.2, 0) is 6.54 Å². The average molecular weight is 308 g/mol. The van der Waals surface area contributed by atoms with Gasteiger partial charge in [0.25, 0.3) is 0 Å². The number of piperazine rings is 1. The number of nitrogens with zero attached hydrogens (tertiary/aromatic N) is 1. The summed E-state index contributed by atoms with van der Waals surface area (Å²) in [6.45, 7) is 5.37. The lowest BCUT2D eigenvalue weighted by molar-refractivity contribution is 0.217. The van der Waals surface area contributed by atoms with Crippen LogP contribution < -0.4 is 14.8 Å². The molecule has 3 rings (SSSR count). The Morgan fingerprint density at radius 3 is 2.86 bits per heavy atom. The van der Waals surface area contributed by atoms with Gasteiger partial charge in [-0.2, -0.15) is 11.8 Å². The Hall–Kier alpha value is -0.910. The van der Waals surface area contributed by atoms with Crippen molar-refractivity contribution in [1.29, 1.82) is 0 Å². The standard InChI is InChI=1S/C16H24N2O2S/c1-19-16-10-13(11-18-7-5-17-6-8-18)2-3-15(16)20-14-4-9-21-12-14/h2-3,10,14,17H,4-9,11-12H2,1H3. The fraction of sp³-hybridized carbons (Fsp3) is 0.625. The molecular weight excluding hydrogens is 284 g/mol. The maximum absolute atomic E-state index is 6.07. The van der Waals surface area contributed by atoms with Gasteiger partial charge in [0.15, 0.2) is 11.5 Å². The summed E-state index contributed by atoms with van der Waals surface area (Å²) in [5, 5.41) is 3.38. The molecule has 4 nitrogen and oxygen atoms in total. The van der Waals surface area contributed by atoms with Gasteiger partial charge in [-0.25, -0.2) is 0 Å². The molecule has 1 atom stereocenters. The molecule has 0 spiro atoms. The molecule has 0 radical (unpaired) electrons. The number of rotatable bonds is 5. The molecule has 0 saturated carbocycles. The number of methoxy groups -OCH3 is 1. The van der Waals surface area contributed by atoms with Crippen molar-refractivity contribution in [3.05, 3.63) is 23.8 Å². The largest absolute Gasteiger partial charge is 0.493 e. The Morgan fingerprint density at radius 2 is 2.14 bits per heavy atom. The maximum Gasteiger partial charge on any atom is 0.161 e. The second-order valence-electron chi connectivity index (χ2n) is 5.61. The highest BCUT2D eigenvalue weighted by Gasteiger charge is 2.19. The van der Waals surface area contributed by atoms with Crippen LogP contribution in [0.1, 0.15) is 12.0 Å². The van der Waals surface area contributed by atoms with Crippen molar-refractivity contribution < 1.29 is 9.47 Å². The van der Waals surface area contributed by atoms with Crippen LogP contribution in [0.4, 0.5) is 0 Å². The molecule has 2 aliphatic rings. The van der Waals surface area contributed by atoms with Crippen molar-refractivity contribution in [1.82, 2.24) is 10.2 Å². The number of ether oxygens (including phenoxy) is 2. The van der Waals surface area contributed by atoms with E-state index < -0.39 is 0 Å². The molecule has 2 heterocycles. The third-order valence-electron chi connectivity index (χ3n) is 4.03. The Balaban J connectivity index is 1.65. The topological polar surface area (TPSA) is 33.7 Å². The van der Waals surface area contributed by atoms with Crippen molar-refractivity contribution in [2.75, 3.05) is 44.8 Å². The highest BCUT2D eigenvalue weighted by molar-refractivity contribution is 7.99. The van der Waals surface area contributed by atoms with Gasteiger partial charge in [-0.15, -0.1) is 0 Å². The molecule has 0 bridgehead atoms. The second-order valence-corrected chi connectivity index (χ2v) is 6.76. The van der Waals surface area contributed by atoms with E-state index in [1.54, 1.807) is 7.11 Å². The Labute approximate surface area is 131 Å². The van der Waals surface area contributed by atoms with Gasteiger partial charge < -0.3 is 14.8 Å². The van der Waals surface area contributed by atoms with Gasteiger partial charge in [-0.05, 0) is 29.9 Å². The van der Waals surface area contributed by atoms with E-state index in [1.807, 2.05) is 11.8 Å². The third kappa shape index (κ3) is 4.05. The highest BCUT2D eigenvalue weighted by Crippen LogP contribution is 2.32. The maximum atomic E-state index is 6.07. The van der Waals surface area contributed by atoms with Gasteiger partial charge >= 0.3 is 0 Å². The predicted octanol–water partition coefficient (Wildman–Crippen LogP) is 1.98. The molecule has 5 heteroatoms. The van der Waals surface area contributed by atoms with Crippen LogP contribution in [0, 0.1) is 0 Å². The molecule has 0 aromatic heterocycles. The zero-order chi connectivity index (χ0) is 14.5. The molecule has 0 aliphatic carbocycles. The van der Waals surface area contributed by atoms with Crippen molar-refractivity contribution in [2.45, 2.75) is 19.1 Å². The smallest absolute Gasteiger partial charge is 0.161 e. The Morgan fingerprint density at radius 1 is 1.29 bits per heavy atom. The van der Waals surface area contributed by atoms with Crippen LogP contribution in [-0.4, -0.2) is 55.8 Å². The van der Waals surface area contributed by atoms with Crippen molar-refractivity contribution in [3.63, 3.8) is 0 Å². The van der Waals surface area contributed by atoms with E-state index in [-0.39, 0.29) is 0 Å². The van der Waals surface area contributed by atoms with Crippen molar-refractivity contribution >= 4 is 11.8 Å². The third-order valence-corrected chi connectivity index (χ3v) is 5.16. The van der Waals surface area contributed by atoms with Crippen molar-refractivity contribution in [3.8, 4) is 11.5 Å². The quantitative estimate of drug-likeness (QED) is 0.899. The molecule has 1 unspecified atom stereocenters. The number of nitrogens with one attached hydrogen (secondary N) is 1. The molecule has 1 aromatic carbocycles. The van der Waals surface area contributed by atoms with Gasteiger partial charge in [0.2, 0.25) is 0 Å². The highest BCUT2D eigenvalue weighted by atomic mass is 32.2. The van der Waals surface area contributed by atoms with Crippen LogP contribution in [0.25, 0.3) is 0 Å². The van der Waals surface area contributed by atoms with Crippen LogP contribution >= 0.6 is 11.8 Å². The summed E-state index contributed by atoms with van der Waals surface area (Å²) in [5.41, 5.74) is 1.29. The summed E-state index contributed by atoms with van der Waals surface area (Å²) in [5.74, 6) is 4.04. The average Bonchev–Trinajstić information content (AvgIpc) is 3.03. The van der Waals surface area contributed by atoms with Gasteiger partial charge in [-0.1, -0.05) is 6.07 Å². The molecule has 1 aromatic rings. The molecule has 2 aliphatic heterocycles. The first-order valence-electron chi connectivity index (χ1n) is 7.69. The lowest BCUT2D eigenvalue weighted by Crippen LogP contribution is -2.42. The number of thioether (sulfide) groups is 1. The molecular formula is C16H24N2O2S. The summed E-state index contributed by atoms with van der Waals surface area (Å²) < 4.78 is 11.6. The molecule has 21 heavy (non-hydrogen) atoms. The van der Waals surface area contributed by atoms with Gasteiger partial charge in [-0.3, -0.25) is 4.90 Å². The summed E-state index contributed by atoms with van der Waals surface area (Å²) in [6, 6.07) is 6.36. The summed E-state index contributed by atoms with van der Waals surface area (Å²) in [4.78, 5) is 2.47. The minimum absolute atomic E-state index is 0.336. The lowest BCUT2D eigenvalue weighted by atomic mass is 10.1. The first-order chi connectivity index (χ1) is 10.3. The summed E-state index contributed by atoms with van der Waals surface area (Å²) in [7, 11) is 1.72. The molecule has 2 fully saturated rings. The summed E-state index contributed by atoms with van der Waals surface area (Å²) >= 11 is 1.96. The van der Waals surface area contributed by atoms with Crippen LogP contribution in [0.2, 0.25) is 0 Å². The van der Waals surface area contributed by atoms with E-state index in [0.717, 1.165) is 56.4 Å². The fourth-order valence-electron chi connectivity index (χ4n) is 2.82. The minimum atomic E-state index is 0.336. The lowest BCUT2D eigenvalue weighted by Gasteiger charge is -2.27. The molecule has 2 saturated heterocycles. The van der Waals surface area contributed by atoms with Crippen LogP contribution in [0.15, 0.2) is 18.2 Å². The van der Waals surface area contributed by atoms with Gasteiger partial charge in [0.05, 0.1) is 7.11 Å². The first-order valence-corrected chi connectivity index (χ1v) is 8.85. The zero-order valence-corrected chi connectivity index (χ0v) is 13.5. The Bertz CT molecular complexity index is 458. The zero-order valence-electron chi connectivity index (χ0n) is 12.6. The van der Waals surface area contributed by atoms with Crippen molar-refractivity contribution in [2.24, 2.45) is 0 Å². The van der Waals surface area contributed by atoms with E-state index in [9.17, 15) is 0 Å². The number of hydrogen-bond donors (Lipinski definition) is 1. The van der Waals surface area contributed by atoms with E-state index in [4.69, 9.17) is 9.47 Å². The molecule has 116 valence electrons. The van der Waals surface area contributed by atoms with Gasteiger partial charge in [0.1, 0.15) is 6.10 Å². The van der Waals surface area contributed by atoms with E-state index >= 15 is 0 Å².